The van der Waals surface area contributed by atoms with Crippen LogP contribution >= 0.6 is 0 Å². The van der Waals surface area contributed by atoms with E-state index >= 15 is 0 Å². The predicted molar refractivity (Wildman–Crippen MR) is 265 cm³/mol. The smallest absolute Gasteiger partial charge is 0.251 e. The van der Waals surface area contributed by atoms with Crippen molar-refractivity contribution in [1.29, 1.82) is 15.9 Å². The summed E-state index contributed by atoms with van der Waals surface area (Å²) in [5, 5.41) is 35.9. The number of nitriles is 2. The molecule has 358 valence electrons. The second-order valence-electron chi connectivity index (χ2n) is 21.8. The Morgan fingerprint density at radius 1 is 0.853 bits per heavy atom. The summed E-state index contributed by atoms with van der Waals surface area (Å²) in [5.41, 5.74) is 7.76. The molecule has 2 amide bonds. The molecule has 0 aromatic heterocycles. The molecule has 9 rings (SSSR count). The molecule has 0 bridgehead atoms. The summed E-state index contributed by atoms with van der Waals surface area (Å²) in [7, 11) is 1.55. The second-order valence-corrected chi connectivity index (χ2v) is 21.8. The highest BCUT2D eigenvalue weighted by molar-refractivity contribution is 6.09. The Morgan fingerprint density at radius 2 is 1.54 bits per heavy atom. The average Bonchev–Trinajstić information content (AvgIpc) is 3.33. The third kappa shape index (κ3) is 8.79. The van der Waals surface area contributed by atoms with Gasteiger partial charge in [0.15, 0.2) is 0 Å². The molecule has 0 atom stereocenters. The fraction of sp³-hybridized carbons (Fsp3) is 0.545. The van der Waals surface area contributed by atoms with Gasteiger partial charge in [0.25, 0.3) is 5.91 Å². The van der Waals surface area contributed by atoms with E-state index in [0.29, 0.717) is 64.6 Å². The number of piperidine rings is 1. The molecule has 4 aliphatic heterocycles. The van der Waals surface area contributed by atoms with Crippen molar-refractivity contribution in [3.63, 3.8) is 0 Å². The van der Waals surface area contributed by atoms with Crippen LogP contribution in [0, 0.1) is 51.2 Å². The topological polar surface area (TPSA) is 161 Å². The first-order chi connectivity index (χ1) is 32.5. The van der Waals surface area contributed by atoms with E-state index in [0.717, 1.165) is 92.9 Å². The van der Waals surface area contributed by atoms with E-state index in [1.54, 1.807) is 32.2 Å². The second kappa shape index (κ2) is 18.5. The van der Waals surface area contributed by atoms with Gasteiger partial charge in [0, 0.05) is 121 Å². The number of ether oxygens (including phenoxy) is 2. The molecule has 0 unspecified atom stereocenters. The predicted octanol–water partition coefficient (Wildman–Crippen LogP) is 8.10. The molecule has 3 aromatic carbocycles. The number of hydrogen-bond acceptors (Lipinski definition) is 10. The Balaban J connectivity index is 0.745. The first kappa shape index (κ1) is 47.0. The lowest BCUT2D eigenvalue weighted by molar-refractivity contribution is -0.164. The van der Waals surface area contributed by atoms with Crippen molar-refractivity contribution in [3.8, 4) is 23.6 Å². The number of aryl methyl sites for hydroxylation is 2. The van der Waals surface area contributed by atoms with Crippen LogP contribution in [0.15, 0.2) is 65.9 Å². The van der Waals surface area contributed by atoms with Gasteiger partial charge in [0.05, 0.1) is 30.9 Å². The minimum Gasteiger partial charge on any atom is -0.495 e. The van der Waals surface area contributed by atoms with Crippen LogP contribution in [0.4, 0.5) is 11.4 Å². The first-order valence-electron chi connectivity index (χ1n) is 24.8. The molecule has 2 aliphatic carbocycles. The van der Waals surface area contributed by atoms with E-state index in [4.69, 9.17) is 9.47 Å². The number of methoxy groups -OCH3 is 1. The number of carbonyl (C=O) groups excluding carboxylic acids is 2. The van der Waals surface area contributed by atoms with Gasteiger partial charge in [-0.2, -0.15) is 10.5 Å². The molecule has 68 heavy (non-hydrogen) atoms. The summed E-state index contributed by atoms with van der Waals surface area (Å²) in [6.45, 7) is 18.2. The van der Waals surface area contributed by atoms with Gasteiger partial charge in [-0.05, 0) is 118 Å². The third-order valence-corrected chi connectivity index (χ3v) is 16.7. The number of benzene rings is 3. The van der Waals surface area contributed by atoms with Crippen molar-refractivity contribution >= 4 is 29.0 Å². The standard InChI is InChI=1S/C55H69N9O4/c1-35-27-47-38(28-40(35)31-57)9-8-23-64(47)49(58)45-32-62(36(2)65)26-20-46(45)59-41-18-24-61(25-19-41)43-16-21-55(22-17-43)33-63(34-55)42-13-10-37(11-14-42)50(66)60-51-53(3,4)52(54(51,5)6)68-44-15-12-39(30-56)48(29-44)67-7/h10-15,27-29,41,43,51-52,58-59H,8-9,16-26,32-34H2,1-7H3,(H,60,66). The summed E-state index contributed by atoms with van der Waals surface area (Å²) >= 11 is 0. The van der Waals surface area contributed by atoms with Crippen molar-refractivity contribution in [1.82, 2.24) is 20.4 Å². The number of anilines is 2. The minimum absolute atomic E-state index is 0.0421. The van der Waals surface area contributed by atoms with Gasteiger partial charge in [0.2, 0.25) is 5.91 Å². The number of carbonyl (C=O) groups is 2. The van der Waals surface area contributed by atoms with Crippen molar-refractivity contribution in [2.45, 2.75) is 124 Å². The van der Waals surface area contributed by atoms with Crippen LogP contribution in [-0.4, -0.2) is 105 Å². The van der Waals surface area contributed by atoms with E-state index in [1.807, 2.05) is 30.0 Å². The Hall–Kier alpha value is -6.05. The lowest BCUT2D eigenvalue weighted by atomic mass is 9.49. The number of fused-ring (bicyclic) bond motifs is 1. The summed E-state index contributed by atoms with van der Waals surface area (Å²) in [4.78, 5) is 35.4. The fourth-order valence-corrected chi connectivity index (χ4v) is 13.0. The normalized spacial score (nSPS) is 23.3. The van der Waals surface area contributed by atoms with Gasteiger partial charge in [-0.25, -0.2) is 0 Å². The van der Waals surface area contributed by atoms with Crippen LogP contribution in [0.25, 0.3) is 0 Å². The number of amidine groups is 1. The highest BCUT2D eigenvalue weighted by Crippen LogP contribution is 2.56. The summed E-state index contributed by atoms with van der Waals surface area (Å²) < 4.78 is 11.9. The van der Waals surface area contributed by atoms with E-state index in [1.165, 1.54) is 31.4 Å². The average molecular weight is 920 g/mol. The highest BCUT2D eigenvalue weighted by atomic mass is 16.5. The fourth-order valence-electron chi connectivity index (χ4n) is 13.0. The van der Waals surface area contributed by atoms with E-state index < -0.39 is 0 Å². The van der Waals surface area contributed by atoms with Gasteiger partial charge in [-0.1, -0.05) is 27.7 Å². The lowest BCUT2D eigenvalue weighted by Gasteiger charge is -2.63. The van der Waals surface area contributed by atoms with Crippen LogP contribution < -0.4 is 29.9 Å². The van der Waals surface area contributed by atoms with E-state index in [-0.39, 0.29) is 34.8 Å². The van der Waals surface area contributed by atoms with Gasteiger partial charge >= 0.3 is 0 Å². The Labute approximate surface area is 402 Å². The number of nitrogens with zero attached hydrogens (tertiary/aromatic N) is 6. The molecule has 2 saturated heterocycles. The molecular weight excluding hydrogens is 851 g/mol. The number of hydrogen-bond donors (Lipinski definition) is 3. The molecule has 1 spiro atoms. The summed E-state index contributed by atoms with van der Waals surface area (Å²) in [5.74, 6) is 1.55. The van der Waals surface area contributed by atoms with Crippen molar-refractivity contribution in [2.24, 2.45) is 16.2 Å². The monoisotopic (exact) mass is 920 g/mol. The summed E-state index contributed by atoms with van der Waals surface area (Å²) in [6, 6.07) is 22.8. The number of rotatable bonds is 10. The molecule has 2 saturated carbocycles. The van der Waals surface area contributed by atoms with Gasteiger partial charge in [-0.15, -0.1) is 0 Å². The number of likely N-dealkylation sites (tertiary alicyclic amines) is 1. The van der Waals surface area contributed by atoms with Gasteiger partial charge in [-0.3, -0.25) is 15.0 Å². The van der Waals surface area contributed by atoms with Crippen LogP contribution in [-0.2, 0) is 11.2 Å². The van der Waals surface area contributed by atoms with Crippen LogP contribution in [0.1, 0.15) is 119 Å². The quantitative estimate of drug-likeness (QED) is 0.134. The molecule has 13 heteroatoms. The van der Waals surface area contributed by atoms with Crippen LogP contribution in [0.2, 0.25) is 0 Å². The molecule has 4 fully saturated rings. The Kier molecular flexibility index (Phi) is 12.8. The minimum atomic E-state index is -0.335. The van der Waals surface area contributed by atoms with Crippen molar-refractivity contribution in [3.05, 3.63) is 93.7 Å². The highest BCUT2D eigenvalue weighted by Gasteiger charge is 2.64. The summed E-state index contributed by atoms with van der Waals surface area (Å²) in [6.07, 6.45) is 9.44. The largest absolute Gasteiger partial charge is 0.495 e. The third-order valence-electron chi connectivity index (χ3n) is 16.7. The zero-order valence-corrected chi connectivity index (χ0v) is 41.1. The lowest BCUT2D eigenvalue weighted by Crippen LogP contribution is -2.74. The number of amides is 2. The molecule has 3 aromatic rings. The molecule has 0 radical (unpaired) electrons. The van der Waals surface area contributed by atoms with Crippen molar-refractivity contribution < 1.29 is 19.1 Å². The van der Waals surface area contributed by atoms with E-state index in [9.17, 15) is 25.5 Å². The van der Waals surface area contributed by atoms with Crippen molar-refractivity contribution in [2.75, 3.05) is 62.7 Å². The van der Waals surface area contributed by atoms with Crippen LogP contribution in [0.3, 0.4) is 0 Å². The van der Waals surface area contributed by atoms with E-state index in [2.05, 4.69) is 83.4 Å². The number of nitrogens with one attached hydrogen (secondary N) is 3. The maximum Gasteiger partial charge on any atom is 0.251 e. The van der Waals surface area contributed by atoms with Gasteiger partial charge < -0.3 is 39.7 Å². The Bertz CT molecular complexity index is 2550. The molecule has 6 aliphatic rings. The molecule has 13 nitrogen and oxygen atoms in total. The maximum atomic E-state index is 13.6. The molecule has 3 N–H and O–H groups in total. The Morgan fingerprint density at radius 3 is 2.19 bits per heavy atom. The zero-order valence-electron chi connectivity index (χ0n) is 41.1. The maximum absolute atomic E-state index is 13.6. The molecule has 4 heterocycles. The van der Waals surface area contributed by atoms with Crippen LogP contribution in [0.5, 0.6) is 11.5 Å². The van der Waals surface area contributed by atoms with Gasteiger partial charge in [0.1, 0.15) is 29.5 Å². The first-order valence-corrected chi connectivity index (χ1v) is 24.8. The SMILES string of the molecule is COc1cc(OC2C(C)(C)C(NC(=O)c3ccc(N4CC5(CCC(N6CCC(NC7=C(C(=N)N8CCCc9cc(C#N)c(C)cc98)CN(C(C)=O)CC7)CC6)CC5)C4)cc3)C2(C)C)ccc1C#N. The zero-order chi connectivity index (χ0) is 48.1. The molecular formula is C55H69N9O4.